The molecule has 4 aromatic carbocycles. The number of hydrogen-bond donors (Lipinski definition) is 0. The maximum atomic E-state index is 11.1. The molecule has 0 aromatic heterocycles. The summed E-state index contributed by atoms with van der Waals surface area (Å²) in [6, 6.07) is 35.3. The predicted octanol–water partition coefficient (Wildman–Crippen LogP) is 4.70. The van der Waals surface area contributed by atoms with E-state index in [1.165, 1.54) is 35.0 Å². The van der Waals surface area contributed by atoms with E-state index >= 15 is 0 Å². The lowest BCUT2D eigenvalue weighted by Gasteiger charge is -2.19. The largest absolute Gasteiger partial charge is 0.427 e. The van der Waals surface area contributed by atoms with Gasteiger partial charge in [0.25, 0.3) is 10.1 Å². The van der Waals surface area contributed by atoms with Crippen molar-refractivity contribution in [2.75, 3.05) is 7.11 Å². The lowest BCUT2D eigenvalue weighted by atomic mass is 10.2. The van der Waals surface area contributed by atoms with Crippen molar-refractivity contribution in [3.63, 3.8) is 0 Å². The third-order valence-corrected chi connectivity index (χ3v) is 8.65. The molecule has 0 unspecified atom stereocenters. The fourth-order valence-electron chi connectivity index (χ4n) is 3.23. The minimum absolute atomic E-state index is 0.190. The molecule has 180 valence electrons. The molecule has 35 heavy (non-hydrogen) atoms. The second kappa shape index (κ2) is 12.4. The normalized spacial score (nSPS) is 10.9. The molecule has 0 bridgehead atoms. The summed E-state index contributed by atoms with van der Waals surface area (Å²) in [5.41, 5.74) is 1.02. The third kappa shape index (κ3) is 7.59. The summed E-state index contributed by atoms with van der Waals surface area (Å²) in [6.45, 7) is 3.30. The van der Waals surface area contributed by atoms with Gasteiger partial charge < -0.3 is 4.74 Å². The summed E-state index contributed by atoms with van der Waals surface area (Å²) in [7, 11) is -2.99. The number of aryl methyl sites for hydroxylation is 1. The van der Waals surface area contributed by atoms with Crippen LogP contribution in [0, 0.1) is 6.92 Å². The first-order chi connectivity index (χ1) is 16.8. The van der Waals surface area contributed by atoms with Gasteiger partial charge in [-0.25, -0.2) is 0 Å². The van der Waals surface area contributed by atoms with E-state index in [1.54, 1.807) is 12.1 Å². The molecule has 0 aliphatic carbocycles. The van der Waals surface area contributed by atoms with Gasteiger partial charge in [0.15, 0.2) is 0 Å². The van der Waals surface area contributed by atoms with Gasteiger partial charge in [0.05, 0.1) is 12.0 Å². The van der Waals surface area contributed by atoms with Crippen LogP contribution < -0.4 is 20.7 Å². The molecule has 0 saturated carbocycles. The van der Waals surface area contributed by atoms with Crippen molar-refractivity contribution in [1.82, 2.24) is 0 Å². The molecule has 5 nitrogen and oxygen atoms in total. The third-order valence-electron chi connectivity index (χ3n) is 4.91. The number of benzene rings is 4. The monoisotopic (exact) mass is 506 g/mol. The van der Waals surface area contributed by atoms with Crippen LogP contribution in [0.1, 0.15) is 12.5 Å². The molecule has 0 heterocycles. The fraction of sp³-hybridized carbons (Fsp3) is 0.107. The Kier molecular flexibility index (Phi) is 9.32. The van der Waals surface area contributed by atoms with E-state index < -0.39 is 18.0 Å². The summed E-state index contributed by atoms with van der Waals surface area (Å²) in [6.07, 6.45) is 0. The van der Waals surface area contributed by atoms with Crippen LogP contribution in [0.3, 0.4) is 0 Å². The van der Waals surface area contributed by atoms with Crippen molar-refractivity contribution in [3.05, 3.63) is 115 Å². The van der Waals surface area contributed by atoms with Gasteiger partial charge in [0.1, 0.15) is 5.75 Å². The Morgan fingerprint density at radius 3 is 1.57 bits per heavy atom. The number of carbonyl (C=O) groups excluding carboxylic acids is 1. The topological polar surface area (TPSA) is 69.7 Å². The van der Waals surface area contributed by atoms with Gasteiger partial charge in [-0.15, -0.1) is 0 Å². The molecule has 0 aliphatic heterocycles. The molecule has 0 spiro atoms. The first-order valence-corrected chi connectivity index (χ1v) is 13.6. The highest BCUT2D eigenvalue weighted by Gasteiger charge is 2.16. The highest BCUT2D eigenvalue weighted by molar-refractivity contribution is 7.86. The van der Waals surface area contributed by atoms with Gasteiger partial charge in [0.2, 0.25) is 0 Å². The Morgan fingerprint density at radius 2 is 1.14 bits per heavy atom. The lowest BCUT2D eigenvalue weighted by molar-refractivity contribution is -0.131. The van der Waals surface area contributed by atoms with E-state index in [9.17, 15) is 13.2 Å². The molecule has 4 aromatic rings. The second-order valence-corrected chi connectivity index (χ2v) is 11.5. The van der Waals surface area contributed by atoms with Crippen LogP contribution in [0.2, 0.25) is 0 Å². The van der Waals surface area contributed by atoms with Crippen molar-refractivity contribution in [1.29, 1.82) is 0 Å². The van der Waals surface area contributed by atoms with Gasteiger partial charge in [-0.1, -0.05) is 90.5 Å². The van der Waals surface area contributed by atoms with E-state index in [1.807, 2.05) is 43.3 Å². The summed E-state index contributed by atoms with van der Waals surface area (Å²) in [5, 5.41) is 3.83. The van der Waals surface area contributed by atoms with Crippen LogP contribution in [-0.2, 0) is 19.1 Å². The smallest absolute Gasteiger partial charge is 0.308 e. The molecular formula is C28H27O5PS. The number of carbonyl (C=O) groups is 1. The maximum absolute atomic E-state index is 11.1. The van der Waals surface area contributed by atoms with Gasteiger partial charge in [-0.3, -0.25) is 8.98 Å². The van der Waals surface area contributed by atoms with E-state index in [0.29, 0.717) is 5.75 Å². The first kappa shape index (κ1) is 26.3. The Labute approximate surface area is 208 Å². The highest BCUT2D eigenvalue weighted by atomic mass is 32.2. The zero-order valence-corrected chi connectivity index (χ0v) is 21.5. The quantitative estimate of drug-likeness (QED) is 0.164. The van der Waals surface area contributed by atoms with Gasteiger partial charge >= 0.3 is 5.97 Å². The molecule has 0 fully saturated rings. The number of rotatable bonds is 6. The molecule has 4 rings (SSSR count). The number of ether oxygens (including phenoxy) is 1. The van der Waals surface area contributed by atoms with Gasteiger partial charge in [-0.05, 0) is 55.0 Å². The fourth-order valence-corrected chi connectivity index (χ4v) is 6.18. The summed E-state index contributed by atoms with van der Waals surface area (Å²) < 4.78 is 31.6. The second-order valence-electron chi connectivity index (χ2n) is 7.53. The van der Waals surface area contributed by atoms with Gasteiger partial charge in [-0.2, -0.15) is 8.42 Å². The summed E-state index contributed by atoms with van der Waals surface area (Å²) >= 11 is 0. The van der Waals surface area contributed by atoms with Gasteiger partial charge in [0, 0.05) is 6.92 Å². The lowest BCUT2D eigenvalue weighted by Crippen LogP contribution is -2.20. The molecule has 0 amide bonds. The number of hydrogen-bond acceptors (Lipinski definition) is 5. The summed E-state index contributed by atoms with van der Waals surface area (Å²) in [5.74, 6) is 0.281. The van der Waals surface area contributed by atoms with Crippen molar-refractivity contribution < 1.29 is 22.1 Å². The zero-order valence-electron chi connectivity index (χ0n) is 19.8. The first-order valence-electron chi connectivity index (χ1n) is 10.9. The minimum atomic E-state index is -3.51. The van der Waals surface area contributed by atoms with Crippen LogP contribution in [0.5, 0.6) is 5.75 Å². The summed E-state index contributed by atoms with van der Waals surface area (Å²) in [4.78, 5) is 11.2. The van der Waals surface area contributed by atoms with Crippen molar-refractivity contribution in [3.8, 4) is 5.75 Å². The molecule has 0 N–H and O–H groups in total. The van der Waals surface area contributed by atoms with Crippen molar-refractivity contribution in [2.45, 2.75) is 18.7 Å². The Balaban J connectivity index is 0.000000241. The number of esters is 1. The van der Waals surface area contributed by atoms with Crippen LogP contribution in [0.25, 0.3) is 0 Å². The molecule has 7 heteroatoms. The Bertz CT molecular complexity index is 1280. The van der Waals surface area contributed by atoms with Crippen LogP contribution in [0.15, 0.2) is 114 Å². The highest BCUT2D eigenvalue weighted by Crippen LogP contribution is 2.33. The SMILES string of the molecule is CC(=O)Oc1ccc(P(c2ccccc2)c2ccccc2)cc1.COS(=O)(=O)c1ccc(C)cc1. The minimum Gasteiger partial charge on any atom is -0.427 e. The maximum Gasteiger partial charge on any atom is 0.308 e. The van der Waals surface area contributed by atoms with E-state index in [4.69, 9.17) is 4.74 Å². The Morgan fingerprint density at radius 1 is 0.686 bits per heavy atom. The molecular weight excluding hydrogens is 479 g/mol. The zero-order chi connectivity index (χ0) is 25.3. The van der Waals surface area contributed by atoms with Crippen molar-refractivity contribution >= 4 is 39.9 Å². The standard InChI is InChI=1S/C20H17O2P.C8H10O3S/c1-16(21)22-17-12-14-20(15-13-17)23(18-8-4-2-5-9-18)19-10-6-3-7-11-19;1-7-3-5-8(6-4-7)12(9,10)11-2/h2-15H,1H3;3-6H,1-2H3. The van der Waals surface area contributed by atoms with E-state index in [0.717, 1.165) is 12.7 Å². The van der Waals surface area contributed by atoms with E-state index in [2.05, 4.69) is 52.7 Å². The van der Waals surface area contributed by atoms with Crippen molar-refractivity contribution in [2.24, 2.45) is 0 Å². The Hall–Kier alpha value is -3.31. The molecule has 0 radical (unpaired) electrons. The average Bonchev–Trinajstić information content (AvgIpc) is 2.87. The average molecular weight is 507 g/mol. The van der Waals surface area contributed by atoms with E-state index in [-0.39, 0.29) is 10.9 Å². The predicted molar refractivity (Wildman–Crippen MR) is 142 cm³/mol. The van der Waals surface area contributed by atoms with Crippen LogP contribution in [0.4, 0.5) is 0 Å². The molecule has 0 aliphatic rings. The molecule has 0 saturated heterocycles. The van der Waals surface area contributed by atoms with Crippen LogP contribution >= 0.6 is 7.92 Å². The van der Waals surface area contributed by atoms with Crippen LogP contribution in [-0.4, -0.2) is 21.5 Å². The molecule has 0 atom stereocenters.